The molecular formula is C63H114O6. The Kier molecular flexibility index (Phi) is 55.7. The maximum Gasteiger partial charge on any atom is 0.306 e. The minimum absolute atomic E-state index is 0.0795. The summed E-state index contributed by atoms with van der Waals surface area (Å²) < 4.78 is 16.9. The average Bonchev–Trinajstić information content (AvgIpc) is 3.35. The Labute approximate surface area is 428 Å². The first-order chi connectivity index (χ1) is 34.0. The normalized spacial score (nSPS) is 12.3. The van der Waals surface area contributed by atoms with Gasteiger partial charge in [0.15, 0.2) is 6.10 Å². The summed E-state index contributed by atoms with van der Waals surface area (Å²) in [5, 5.41) is 0. The summed E-state index contributed by atoms with van der Waals surface area (Å²) in [4.78, 5) is 38.2. The molecule has 0 aliphatic rings. The highest BCUT2D eigenvalue weighted by molar-refractivity contribution is 5.71. The zero-order chi connectivity index (χ0) is 50.0. The Morgan fingerprint density at radius 1 is 0.290 bits per heavy atom. The van der Waals surface area contributed by atoms with E-state index in [1.165, 1.54) is 193 Å². The Morgan fingerprint density at radius 2 is 0.522 bits per heavy atom. The van der Waals surface area contributed by atoms with Crippen LogP contribution in [0.1, 0.15) is 316 Å². The number of esters is 3. The summed E-state index contributed by atoms with van der Waals surface area (Å²) >= 11 is 0. The van der Waals surface area contributed by atoms with Crippen LogP contribution in [0, 0.1) is 0 Å². The average molecular weight is 968 g/mol. The summed E-state index contributed by atoms with van der Waals surface area (Å²) in [5.41, 5.74) is 0. The number of hydrogen-bond donors (Lipinski definition) is 0. The van der Waals surface area contributed by atoms with Crippen LogP contribution < -0.4 is 0 Å². The molecule has 6 heteroatoms. The summed E-state index contributed by atoms with van der Waals surface area (Å²) in [5.74, 6) is -0.886. The highest BCUT2D eigenvalue weighted by atomic mass is 16.6. The predicted molar refractivity (Wildman–Crippen MR) is 298 cm³/mol. The Morgan fingerprint density at radius 3 is 0.855 bits per heavy atom. The molecule has 0 saturated carbocycles. The third-order valence-electron chi connectivity index (χ3n) is 13.3. The van der Waals surface area contributed by atoms with E-state index in [4.69, 9.17) is 14.2 Å². The molecular weight excluding hydrogens is 853 g/mol. The summed E-state index contributed by atoms with van der Waals surface area (Å²) in [6.45, 7) is 6.63. The molecule has 0 aromatic carbocycles. The molecule has 0 bridgehead atoms. The number of ether oxygens (including phenoxy) is 3. The van der Waals surface area contributed by atoms with E-state index >= 15 is 0 Å². The molecule has 0 rings (SSSR count). The monoisotopic (exact) mass is 967 g/mol. The van der Waals surface area contributed by atoms with Crippen molar-refractivity contribution in [2.45, 2.75) is 322 Å². The first kappa shape index (κ1) is 66.4. The van der Waals surface area contributed by atoms with Crippen LogP contribution in [-0.2, 0) is 28.6 Å². The van der Waals surface area contributed by atoms with Gasteiger partial charge in [0.05, 0.1) is 0 Å². The number of unbranched alkanes of at least 4 members (excludes halogenated alkanes) is 36. The summed E-state index contributed by atoms with van der Waals surface area (Å²) in [6.07, 6.45) is 71.0. The van der Waals surface area contributed by atoms with Crippen LogP contribution in [0.2, 0.25) is 0 Å². The Balaban J connectivity index is 4.38. The lowest BCUT2D eigenvalue weighted by molar-refractivity contribution is -0.167. The minimum Gasteiger partial charge on any atom is -0.462 e. The van der Waals surface area contributed by atoms with Crippen LogP contribution in [0.25, 0.3) is 0 Å². The van der Waals surface area contributed by atoms with Crippen molar-refractivity contribution in [2.24, 2.45) is 0 Å². The molecule has 0 aliphatic heterocycles. The molecule has 0 saturated heterocycles. The first-order valence-electron chi connectivity index (χ1n) is 30.1. The third-order valence-corrected chi connectivity index (χ3v) is 13.3. The summed E-state index contributed by atoms with van der Waals surface area (Å²) in [6, 6.07) is 0. The summed E-state index contributed by atoms with van der Waals surface area (Å²) in [7, 11) is 0. The van der Waals surface area contributed by atoms with Gasteiger partial charge in [-0.1, -0.05) is 262 Å². The number of carbonyl (C=O) groups is 3. The van der Waals surface area contributed by atoms with Crippen LogP contribution in [0.5, 0.6) is 0 Å². The number of rotatable bonds is 55. The van der Waals surface area contributed by atoms with Gasteiger partial charge in [0, 0.05) is 19.3 Å². The number of allylic oxidation sites excluding steroid dienone is 8. The van der Waals surface area contributed by atoms with Crippen molar-refractivity contribution in [2.75, 3.05) is 13.2 Å². The van der Waals surface area contributed by atoms with Crippen molar-refractivity contribution in [3.05, 3.63) is 48.6 Å². The van der Waals surface area contributed by atoms with E-state index in [1.54, 1.807) is 0 Å². The smallest absolute Gasteiger partial charge is 0.306 e. The molecule has 0 radical (unpaired) electrons. The van der Waals surface area contributed by atoms with Gasteiger partial charge in [0.25, 0.3) is 0 Å². The van der Waals surface area contributed by atoms with Crippen LogP contribution in [0.15, 0.2) is 48.6 Å². The topological polar surface area (TPSA) is 78.9 Å². The Bertz CT molecular complexity index is 1200. The zero-order valence-electron chi connectivity index (χ0n) is 46.1. The van der Waals surface area contributed by atoms with Crippen molar-refractivity contribution in [3.63, 3.8) is 0 Å². The molecule has 0 aliphatic carbocycles. The zero-order valence-corrected chi connectivity index (χ0v) is 46.1. The van der Waals surface area contributed by atoms with Gasteiger partial charge in [-0.05, 0) is 83.5 Å². The van der Waals surface area contributed by atoms with E-state index in [0.717, 1.165) is 83.5 Å². The van der Waals surface area contributed by atoms with E-state index in [9.17, 15) is 14.4 Å². The van der Waals surface area contributed by atoms with Gasteiger partial charge in [0.2, 0.25) is 0 Å². The standard InChI is InChI=1S/C63H114O6/c1-4-7-10-13-16-19-22-25-28-30-31-33-35-38-41-44-47-50-53-56-62(65)68-59-60(58-67-61(64)55-52-49-46-43-40-37-34-27-24-21-18-15-12-9-6-3)69-63(66)57-54-51-48-45-42-39-36-32-29-26-23-20-17-14-11-8-5-2/h17,20,25-26,28-29,36,39,60H,4-16,18-19,21-24,27,30-35,37-38,40-59H2,1-3H3/b20-17-,28-25-,29-26-,39-36-/t60-/m1/s1. The van der Waals surface area contributed by atoms with Gasteiger partial charge in [0.1, 0.15) is 13.2 Å². The second kappa shape index (κ2) is 57.9. The van der Waals surface area contributed by atoms with Crippen LogP contribution in [0.3, 0.4) is 0 Å². The molecule has 0 heterocycles. The fraction of sp³-hybridized carbons (Fsp3) is 0.825. The van der Waals surface area contributed by atoms with Crippen molar-refractivity contribution < 1.29 is 28.6 Å². The SMILES string of the molecule is CCCCC/C=C\C/C=C\C/C=C\CCCCCCC(=O)O[C@@H](COC(=O)CCCCCCCCCCC/C=C\CCCCCCCC)COC(=O)CCCCCCCCCCCCCCCCC. The maximum atomic E-state index is 12.9. The van der Waals surface area contributed by atoms with Crippen LogP contribution >= 0.6 is 0 Å². The lowest BCUT2D eigenvalue weighted by atomic mass is 10.0. The number of hydrogen-bond acceptors (Lipinski definition) is 6. The van der Waals surface area contributed by atoms with Gasteiger partial charge in [-0.3, -0.25) is 14.4 Å². The second-order valence-corrected chi connectivity index (χ2v) is 20.3. The molecule has 0 amide bonds. The largest absolute Gasteiger partial charge is 0.462 e. The van der Waals surface area contributed by atoms with Crippen LogP contribution in [0.4, 0.5) is 0 Å². The van der Waals surface area contributed by atoms with Gasteiger partial charge in [-0.15, -0.1) is 0 Å². The van der Waals surface area contributed by atoms with Gasteiger partial charge < -0.3 is 14.2 Å². The Hall–Kier alpha value is -2.63. The molecule has 402 valence electrons. The minimum atomic E-state index is -0.784. The van der Waals surface area contributed by atoms with E-state index in [2.05, 4.69) is 69.4 Å². The molecule has 1 atom stereocenters. The number of carbonyl (C=O) groups excluding carboxylic acids is 3. The molecule has 0 aromatic rings. The first-order valence-corrected chi connectivity index (χ1v) is 30.1. The highest BCUT2D eigenvalue weighted by Gasteiger charge is 2.19. The van der Waals surface area contributed by atoms with Gasteiger partial charge in [-0.2, -0.15) is 0 Å². The van der Waals surface area contributed by atoms with Gasteiger partial charge in [-0.25, -0.2) is 0 Å². The predicted octanol–water partition coefficient (Wildman–Crippen LogP) is 20.2. The molecule has 6 nitrogen and oxygen atoms in total. The molecule has 0 unspecified atom stereocenters. The van der Waals surface area contributed by atoms with Crippen molar-refractivity contribution in [1.29, 1.82) is 0 Å². The van der Waals surface area contributed by atoms with Crippen LogP contribution in [-0.4, -0.2) is 37.2 Å². The lowest BCUT2D eigenvalue weighted by Gasteiger charge is -2.18. The van der Waals surface area contributed by atoms with Crippen molar-refractivity contribution in [1.82, 2.24) is 0 Å². The third kappa shape index (κ3) is 56.2. The molecule has 0 spiro atoms. The van der Waals surface area contributed by atoms with Crippen molar-refractivity contribution >= 4 is 17.9 Å². The van der Waals surface area contributed by atoms with E-state index < -0.39 is 6.10 Å². The molecule has 0 fully saturated rings. The molecule has 69 heavy (non-hydrogen) atoms. The maximum absolute atomic E-state index is 12.9. The quantitative estimate of drug-likeness (QED) is 0.0262. The fourth-order valence-electron chi connectivity index (χ4n) is 8.74. The molecule has 0 aromatic heterocycles. The van der Waals surface area contributed by atoms with E-state index in [1.807, 2.05) is 0 Å². The highest BCUT2D eigenvalue weighted by Crippen LogP contribution is 2.16. The van der Waals surface area contributed by atoms with Gasteiger partial charge >= 0.3 is 17.9 Å². The van der Waals surface area contributed by atoms with E-state index in [-0.39, 0.29) is 31.1 Å². The molecule has 0 N–H and O–H groups in total. The van der Waals surface area contributed by atoms with E-state index in [0.29, 0.717) is 19.3 Å². The second-order valence-electron chi connectivity index (χ2n) is 20.3. The van der Waals surface area contributed by atoms with Crippen molar-refractivity contribution in [3.8, 4) is 0 Å². The fourth-order valence-corrected chi connectivity index (χ4v) is 8.74. The lowest BCUT2D eigenvalue weighted by Crippen LogP contribution is -2.30.